The second-order valence-electron chi connectivity index (χ2n) is 5.64. The van der Waals surface area contributed by atoms with Gasteiger partial charge in [-0.05, 0) is 41.6 Å². The van der Waals surface area contributed by atoms with E-state index in [1.165, 1.54) is 22.9 Å². The summed E-state index contributed by atoms with van der Waals surface area (Å²) in [5.74, 6) is -2.18. The number of benzene rings is 2. The van der Waals surface area contributed by atoms with Crippen LogP contribution in [0, 0.1) is 6.92 Å². The first-order chi connectivity index (χ1) is 12.9. The van der Waals surface area contributed by atoms with Gasteiger partial charge in [0, 0.05) is 17.8 Å². The van der Waals surface area contributed by atoms with E-state index in [0.29, 0.717) is 11.4 Å². The van der Waals surface area contributed by atoms with Gasteiger partial charge in [-0.25, -0.2) is 4.79 Å². The van der Waals surface area contributed by atoms with Crippen LogP contribution in [0.25, 0.3) is 5.69 Å². The first-order valence-corrected chi connectivity index (χ1v) is 8.84. The quantitative estimate of drug-likeness (QED) is 0.490. The summed E-state index contributed by atoms with van der Waals surface area (Å²) in [6.07, 6.45) is 0. The van der Waals surface area contributed by atoms with Crippen molar-refractivity contribution in [2.24, 2.45) is 0 Å². The number of aromatic nitrogens is 2. The van der Waals surface area contributed by atoms with Crippen LogP contribution in [0.2, 0.25) is 0 Å². The Morgan fingerprint density at radius 3 is 2.70 bits per heavy atom. The van der Waals surface area contributed by atoms with E-state index in [-0.39, 0.29) is 16.3 Å². The average Bonchev–Trinajstić information content (AvgIpc) is 3.01. The first kappa shape index (κ1) is 18.5. The highest BCUT2D eigenvalue weighted by Gasteiger charge is 2.22. The highest BCUT2D eigenvalue weighted by molar-refractivity contribution is 7.99. The van der Waals surface area contributed by atoms with Gasteiger partial charge in [-0.2, -0.15) is 0 Å². The highest BCUT2D eigenvalue weighted by atomic mass is 32.2. The van der Waals surface area contributed by atoms with Crippen molar-refractivity contribution in [1.82, 2.24) is 5.27 Å². The first-order valence-electron chi connectivity index (χ1n) is 7.86. The van der Waals surface area contributed by atoms with E-state index >= 15 is 0 Å². The number of nitrogens with one attached hydrogen (secondary N) is 1. The van der Waals surface area contributed by atoms with Crippen LogP contribution in [0.4, 0.5) is 5.69 Å². The SMILES string of the molecule is Cc1ccc(-[n+]2noc([O-])c2SCC(=O)Nc2cccc(C(=O)O)c2)cc1. The predicted molar refractivity (Wildman–Crippen MR) is 95.0 cm³/mol. The van der Waals surface area contributed by atoms with Crippen molar-refractivity contribution in [1.29, 1.82) is 0 Å². The minimum atomic E-state index is -1.08. The minimum Gasteiger partial charge on any atom is -0.538 e. The van der Waals surface area contributed by atoms with Gasteiger partial charge in [-0.3, -0.25) is 4.79 Å². The van der Waals surface area contributed by atoms with Crippen molar-refractivity contribution in [3.05, 3.63) is 59.7 Å². The van der Waals surface area contributed by atoms with E-state index in [0.717, 1.165) is 17.3 Å². The molecule has 1 aromatic heterocycles. The molecular formula is C18H15N3O5S. The third kappa shape index (κ3) is 4.45. The molecule has 27 heavy (non-hydrogen) atoms. The van der Waals surface area contributed by atoms with Crippen LogP contribution in [0.3, 0.4) is 0 Å². The fourth-order valence-electron chi connectivity index (χ4n) is 2.27. The van der Waals surface area contributed by atoms with Crippen molar-refractivity contribution < 1.29 is 29.0 Å². The van der Waals surface area contributed by atoms with E-state index in [1.807, 2.05) is 19.1 Å². The number of carbonyl (C=O) groups is 2. The van der Waals surface area contributed by atoms with Gasteiger partial charge in [0.2, 0.25) is 11.6 Å². The van der Waals surface area contributed by atoms with Crippen LogP contribution in [-0.2, 0) is 4.79 Å². The molecule has 0 aliphatic carbocycles. The Morgan fingerprint density at radius 1 is 1.26 bits per heavy atom. The van der Waals surface area contributed by atoms with Gasteiger partial charge in [0.1, 0.15) is 0 Å². The normalized spacial score (nSPS) is 10.6. The molecule has 2 N–H and O–H groups in total. The van der Waals surface area contributed by atoms with Gasteiger partial charge >= 0.3 is 5.97 Å². The lowest BCUT2D eigenvalue weighted by molar-refractivity contribution is -0.705. The zero-order chi connectivity index (χ0) is 19.4. The van der Waals surface area contributed by atoms with Crippen molar-refractivity contribution in [2.45, 2.75) is 11.9 Å². The third-order valence-electron chi connectivity index (χ3n) is 3.58. The fraction of sp³-hybridized carbons (Fsp3) is 0.111. The third-order valence-corrected chi connectivity index (χ3v) is 4.60. The number of aromatic carboxylic acids is 1. The molecule has 0 fully saturated rings. The minimum absolute atomic E-state index is 0.0681. The van der Waals surface area contributed by atoms with Crippen LogP contribution < -0.4 is 15.1 Å². The molecule has 0 atom stereocenters. The summed E-state index contributed by atoms with van der Waals surface area (Å²) in [5.41, 5.74) is 2.13. The maximum absolute atomic E-state index is 12.2. The largest absolute Gasteiger partial charge is 0.538 e. The lowest BCUT2D eigenvalue weighted by Crippen LogP contribution is -2.35. The maximum Gasteiger partial charge on any atom is 0.335 e. The summed E-state index contributed by atoms with van der Waals surface area (Å²) in [6, 6.07) is 13.2. The van der Waals surface area contributed by atoms with Crippen LogP contribution in [0.15, 0.2) is 58.1 Å². The molecule has 0 aliphatic rings. The second-order valence-corrected chi connectivity index (χ2v) is 6.60. The number of anilines is 1. The van der Waals surface area contributed by atoms with Gasteiger partial charge in [-0.1, -0.05) is 23.8 Å². The van der Waals surface area contributed by atoms with Crippen molar-refractivity contribution in [3.8, 4) is 11.6 Å². The number of carbonyl (C=O) groups excluding carboxylic acids is 1. The monoisotopic (exact) mass is 385 g/mol. The molecule has 8 nitrogen and oxygen atoms in total. The number of amides is 1. The molecule has 1 amide bonds. The Bertz CT molecular complexity index is 985. The number of thioether (sulfide) groups is 1. The van der Waals surface area contributed by atoms with Crippen LogP contribution in [0.5, 0.6) is 5.95 Å². The Labute approximate surface area is 158 Å². The number of carboxylic acids is 1. The molecule has 0 bridgehead atoms. The number of hydrogen-bond donors (Lipinski definition) is 2. The van der Waals surface area contributed by atoms with Crippen LogP contribution in [0.1, 0.15) is 15.9 Å². The van der Waals surface area contributed by atoms with Crippen molar-refractivity contribution >= 4 is 29.3 Å². The Balaban J connectivity index is 1.69. The van der Waals surface area contributed by atoms with Crippen LogP contribution >= 0.6 is 11.8 Å². The second kappa shape index (κ2) is 7.92. The summed E-state index contributed by atoms with van der Waals surface area (Å²) in [7, 11) is 0. The van der Waals surface area contributed by atoms with Gasteiger partial charge in [-0.15, -0.1) is 0 Å². The summed E-state index contributed by atoms with van der Waals surface area (Å²) in [4.78, 5) is 23.1. The van der Waals surface area contributed by atoms with Gasteiger partial charge in [0.15, 0.2) is 5.95 Å². The number of nitrogens with zero attached hydrogens (tertiary/aromatic N) is 2. The van der Waals surface area contributed by atoms with E-state index in [9.17, 15) is 14.7 Å². The lowest BCUT2D eigenvalue weighted by Gasteiger charge is -2.05. The van der Waals surface area contributed by atoms with Crippen LogP contribution in [-0.4, -0.2) is 28.0 Å². The van der Waals surface area contributed by atoms with Crippen molar-refractivity contribution in [3.63, 3.8) is 0 Å². The highest BCUT2D eigenvalue weighted by Crippen LogP contribution is 2.23. The Hall–Kier alpha value is -3.33. The lowest BCUT2D eigenvalue weighted by atomic mass is 10.2. The Kier molecular flexibility index (Phi) is 5.41. The summed E-state index contributed by atoms with van der Waals surface area (Å²) in [6.45, 7) is 1.94. The zero-order valence-corrected chi connectivity index (χ0v) is 15.0. The number of carboxylic acid groups (broad SMARTS) is 1. The number of hydrogen-bond acceptors (Lipinski definition) is 6. The van der Waals surface area contributed by atoms with Crippen molar-refractivity contribution in [2.75, 3.05) is 11.1 Å². The number of aryl methyl sites for hydroxylation is 1. The smallest absolute Gasteiger partial charge is 0.335 e. The van der Waals surface area contributed by atoms with E-state index in [4.69, 9.17) is 9.63 Å². The number of rotatable bonds is 6. The summed E-state index contributed by atoms with van der Waals surface area (Å²) >= 11 is 0.983. The summed E-state index contributed by atoms with van der Waals surface area (Å²) in [5, 5.41) is 27.4. The van der Waals surface area contributed by atoms with Gasteiger partial charge in [0.25, 0.3) is 5.03 Å². The molecule has 3 aromatic rings. The molecule has 0 unspecified atom stereocenters. The zero-order valence-electron chi connectivity index (χ0n) is 14.2. The molecule has 9 heteroatoms. The molecule has 0 radical (unpaired) electrons. The standard InChI is InChI=1S/C18H15N3O5S/c1-11-5-7-14(8-6-11)21-16(18(25)26-20-21)27-10-15(22)19-13-4-2-3-12(9-13)17(23)24/h2-9H,10H2,1H3,(H2-,19,20,22,23,24,25). The molecule has 0 spiro atoms. The fourth-order valence-corrected chi connectivity index (χ4v) is 3.03. The van der Waals surface area contributed by atoms with Gasteiger partial charge < -0.3 is 20.1 Å². The summed E-state index contributed by atoms with van der Waals surface area (Å²) < 4.78 is 6.05. The van der Waals surface area contributed by atoms with E-state index in [1.54, 1.807) is 18.2 Å². The molecule has 2 aromatic carbocycles. The topological polar surface area (TPSA) is 119 Å². The Morgan fingerprint density at radius 2 is 2.00 bits per heavy atom. The van der Waals surface area contributed by atoms with E-state index in [2.05, 4.69) is 10.6 Å². The molecular weight excluding hydrogens is 370 g/mol. The maximum atomic E-state index is 12.2. The molecule has 138 valence electrons. The molecule has 0 aliphatic heterocycles. The molecule has 0 saturated carbocycles. The average molecular weight is 385 g/mol. The van der Waals surface area contributed by atoms with Gasteiger partial charge in [0.05, 0.1) is 16.6 Å². The predicted octanol–water partition coefficient (Wildman–Crippen LogP) is 1.76. The molecule has 3 rings (SSSR count). The molecule has 1 heterocycles. The molecule has 0 saturated heterocycles. The van der Waals surface area contributed by atoms with E-state index < -0.39 is 17.8 Å².